The van der Waals surface area contributed by atoms with Crippen LogP contribution in [0.1, 0.15) is 17.5 Å². The van der Waals surface area contributed by atoms with Crippen molar-refractivity contribution in [3.63, 3.8) is 0 Å². The summed E-state index contributed by atoms with van der Waals surface area (Å²) in [7, 11) is -1.83. The largest absolute Gasteiger partial charge is 0.492 e. The van der Waals surface area contributed by atoms with Crippen molar-refractivity contribution in [2.24, 2.45) is 5.92 Å². The highest BCUT2D eigenvalue weighted by Gasteiger charge is 2.34. The Hall–Kier alpha value is -3.56. The van der Waals surface area contributed by atoms with Gasteiger partial charge < -0.3 is 24.8 Å². The second-order valence-electron chi connectivity index (χ2n) is 10.1. The molecule has 1 aromatic carbocycles. The molecule has 2 aliphatic heterocycles. The molecule has 0 spiro atoms. The molecule has 216 valence electrons. The second-order valence-corrected chi connectivity index (χ2v) is 12.2. The van der Waals surface area contributed by atoms with Crippen LogP contribution in [0.25, 0.3) is 0 Å². The fourth-order valence-electron chi connectivity index (χ4n) is 4.85. The molecule has 1 aromatic heterocycles. The van der Waals surface area contributed by atoms with E-state index in [1.54, 1.807) is 0 Å². The highest BCUT2D eigenvalue weighted by Crippen LogP contribution is 2.32. The van der Waals surface area contributed by atoms with Gasteiger partial charge >= 0.3 is 6.09 Å². The number of rotatable bonds is 11. The zero-order chi connectivity index (χ0) is 28.4. The average Bonchev–Trinajstić information content (AvgIpc) is 3.48. The van der Waals surface area contributed by atoms with Crippen molar-refractivity contribution in [3.8, 4) is 11.6 Å². The third kappa shape index (κ3) is 6.42. The Morgan fingerprint density at radius 1 is 1.30 bits per heavy atom. The zero-order valence-corrected chi connectivity index (χ0v) is 23.0. The number of carbonyl (C=O) groups excluding carboxylic acids is 2. The number of anilines is 2. The molecule has 1 aliphatic carbocycles. The number of sulfonamides is 1. The molecule has 2 unspecified atom stereocenters. The van der Waals surface area contributed by atoms with E-state index in [-0.39, 0.29) is 61.0 Å². The lowest BCUT2D eigenvalue weighted by Gasteiger charge is -2.18. The summed E-state index contributed by atoms with van der Waals surface area (Å²) < 4.78 is 55.2. The predicted molar refractivity (Wildman–Crippen MR) is 142 cm³/mol. The molecular weight excluding hydrogens is 547 g/mol. The van der Waals surface area contributed by atoms with E-state index in [9.17, 15) is 22.4 Å². The number of fused-ring (bicyclic) bond motifs is 2. The molecule has 13 nitrogen and oxygen atoms in total. The Bertz CT molecular complexity index is 1410. The lowest BCUT2D eigenvalue weighted by molar-refractivity contribution is -0.118. The number of nitrogens with one attached hydrogen (secondary N) is 2. The van der Waals surface area contributed by atoms with E-state index >= 15 is 0 Å². The van der Waals surface area contributed by atoms with Crippen LogP contribution in [0.5, 0.6) is 11.6 Å². The number of cyclic esters (lactones) is 1. The van der Waals surface area contributed by atoms with Crippen molar-refractivity contribution in [1.29, 1.82) is 0 Å². The fraction of sp³-hybridized carbons (Fsp3) is 0.520. The minimum Gasteiger partial charge on any atom is -0.492 e. The first-order valence-corrected chi connectivity index (χ1v) is 14.8. The van der Waals surface area contributed by atoms with E-state index in [1.807, 2.05) is 6.07 Å². The summed E-state index contributed by atoms with van der Waals surface area (Å²) in [5, 5.41) is 5.95. The summed E-state index contributed by atoms with van der Waals surface area (Å²) in [5.41, 5.74) is 1.58. The highest BCUT2D eigenvalue weighted by atomic mass is 32.2. The normalized spacial score (nSPS) is 20.1. The number of ether oxygens (including phenoxy) is 3. The van der Waals surface area contributed by atoms with Gasteiger partial charge in [0.1, 0.15) is 24.3 Å². The molecule has 5 rings (SSSR count). The van der Waals surface area contributed by atoms with Gasteiger partial charge in [-0.05, 0) is 55.5 Å². The zero-order valence-electron chi connectivity index (χ0n) is 22.2. The van der Waals surface area contributed by atoms with Crippen molar-refractivity contribution >= 4 is 33.7 Å². The Kier molecular flexibility index (Phi) is 8.05. The molecule has 2 N–H and O–H groups in total. The summed E-state index contributed by atoms with van der Waals surface area (Å²) in [6.07, 6.45) is 3.52. The molecular formula is C25H31FN6O7S. The number of halogens is 1. The van der Waals surface area contributed by atoms with Crippen molar-refractivity contribution < 1.29 is 36.6 Å². The van der Waals surface area contributed by atoms with Crippen LogP contribution in [0, 0.1) is 11.7 Å². The third-order valence-corrected chi connectivity index (χ3v) is 8.37. The standard InChI is InChI=1S/C25H31FN6O7S/c1-31(40(2,35)36)5-6-37-18-9-16-7-15(8-19(16)20(26)10-18)11-27-4-3-17-13-32(25(34)39-17)21-12-28-24-23(29-21)30-22(33)14-38-24/h9-10,12,15,17,27H,3-8,11,13-14H2,1-2H3,(H,29,30,33). The summed E-state index contributed by atoms with van der Waals surface area (Å²) in [6, 6.07) is 3.18. The van der Waals surface area contributed by atoms with E-state index in [0.717, 1.165) is 11.8 Å². The van der Waals surface area contributed by atoms with Crippen LogP contribution < -0.4 is 25.0 Å². The van der Waals surface area contributed by atoms with E-state index in [4.69, 9.17) is 14.2 Å². The van der Waals surface area contributed by atoms with Gasteiger partial charge in [-0.25, -0.2) is 31.9 Å². The van der Waals surface area contributed by atoms with Gasteiger partial charge in [-0.2, -0.15) is 0 Å². The summed E-state index contributed by atoms with van der Waals surface area (Å²) in [5.74, 6) is 0.566. The molecule has 2 amide bonds. The van der Waals surface area contributed by atoms with Crippen LogP contribution in [-0.4, -0.2) is 93.5 Å². The van der Waals surface area contributed by atoms with Gasteiger partial charge in [0.25, 0.3) is 11.8 Å². The van der Waals surface area contributed by atoms with Crippen LogP contribution in [0.15, 0.2) is 18.3 Å². The van der Waals surface area contributed by atoms with Crippen LogP contribution >= 0.6 is 0 Å². The highest BCUT2D eigenvalue weighted by molar-refractivity contribution is 7.88. The molecule has 3 heterocycles. The number of nitrogens with zero attached hydrogens (tertiary/aromatic N) is 4. The maximum atomic E-state index is 14.7. The first-order chi connectivity index (χ1) is 19.1. The fourth-order valence-corrected chi connectivity index (χ4v) is 5.26. The van der Waals surface area contributed by atoms with E-state index < -0.39 is 16.1 Å². The van der Waals surface area contributed by atoms with Gasteiger partial charge in [0.05, 0.1) is 19.0 Å². The predicted octanol–water partition coefficient (Wildman–Crippen LogP) is 0.937. The SMILES string of the molecule is CN(CCOc1cc(F)c2c(c1)CC(CNCCC1CN(c3cnc4c(n3)NC(=O)CO4)C(=O)O1)C2)S(C)(=O)=O. The number of amides is 2. The summed E-state index contributed by atoms with van der Waals surface area (Å²) >= 11 is 0. The molecule has 2 atom stereocenters. The molecule has 1 saturated heterocycles. The Labute approximate surface area is 231 Å². The van der Waals surface area contributed by atoms with E-state index in [1.165, 1.54) is 28.5 Å². The first kappa shape index (κ1) is 28.0. The number of likely N-dealkylation sites (N-methyl/N-ethyl adjacent to an activating group) is 1. The Balaban J connectivity index is 1.06. The number of aromatic nitrogens is 2. The maximum absolute atomic E-state index is 14.7. The van der Waals surface area contributed by atoms with E-state index in [0.29, 0.717) is 50.2 Å². The van der Waals surface area contributed by atoms with Crippen molar-refractivity contribution in [2.75, 3.05) is 62.9 Å². The van der Waals surface area contributed by atoms with Gasteiger partial charge in [0, 0.05) is 19.7 Å². The lowest BCUT2D eigenvalue weighted by atomic mass is 10.1. The molecule has 0 radical (unpaired) electrons. The van der Waals surface area contributed by atoms with Gasteiger partial charge in [-0.1, -0.05) is 0 Å². The molecule has 0 bridgehead atoms. The van der Waals surface area contributed by atoms with Crippen LogP contribution in [0.4, 0.5) is 20.8 Å². The molecule has 3 aliphatic rings. The topological polar surface area (TPSA) is 152 Å². The van der Waals surface area contributed by atoms with Crippen LogP contribution in [0.2, 0.25) is 0 Å². The third-order valence-electron chi connectivity index (χ3n) is 7.05. The summed E-state index contributed by atoms with van der Waals surface area (Å²) in [6.45, 7) is 1.73. The average molecular weight is 579 g/mol. The Morgan fingerprint density at radius 2 is 2.12 bits per heavy atom. The lowest BCUT2D eigenvalue weighted by Crippen LogP contribution is -2.30. The molecule has 15 heteroatoms. The van der Waals surface area contributed by atoms with Gasteiger partial charge in [0.15, 0.2) is 18.2 Å². The van der Waals surface area contributed by atoms with Crippen LogP contribution in [0.3, 0.4) is 0 Å². The Morgan fingerprint density at radius 3 is 2.92 bits per heavy atom. The smallest absolute Gasteiger partial charge is 0.415 e. The minimum atomic E-state index is -3.30. The molecule has 2 aromatic rings. The summed E-state index contributed by atoms with van der Waals surface area (Å²) in [4.78, 5) is 33.7. The number of benzene rings is 1. The monoisotopic (exact) mass is 578 g/mol. The van der Waals surface area contributed by atoms with Crippen molar-refractivity contribution in [2.45, 2.75) is 25.4 Å². The van der Waals surface area contributed by atoms with Gasteiger partial charge in [-0.15, -0.1) is 0 Å². The van der Waals surface area contributed by atoms with Gasteiger partial charge in [0.2, 0.25) is 10.0 Å². The van der Waals surface area contributed by atoms with E-state index in [2.05, 4.69) is 20.6 Å². The quantitative estimate of drug-likeness (QED) is 0.369. The number of hydrogen-bond acceptors (Lipinski definition) is 10. The maximum Gasteiger partial charge on any atom is 0.415 e. The van der Waals surface area contributed by atoms with Crippen molar-refractivity contribution in [1.82, 2.24) is 19.6 Å². The minimum absolute atomic E-state index is 0.125. The first-order valence-electron chi connectivity index (χ1n) is 12.9. The second kappa shape index (κ2) is 11.5. The number of carbonyl (C=O) groups is 2. The molecule has 1 fully saturated rings. The molecule has 0 saturated carbocycles. The molecule has 40 heavy (non-hydrogen) atoms. The van der Waals surface area contributed by atoms with Crippen molar-refractivity contribution in [3.05, 3.63) is 35.3 Å². The number of hydrogen-bond donors (Lipinski definition) is 2. The van der Waals surface area contributed by atoms with Crippen LogP contribution in [-0.2, 0) is 32.4 Å². The van der Waals surface area contributed by atoms with Gasteiger partial charge in [-0.3, -0.25) is 9.69 Å².